The van der Waals surface area contributed by atoms with Crippen LogP contribution in [0, 0.1) is 0 Å². The summed E-state index contributed by atoms with van der Waals surface area (Å²) in [6.07, 6.45) is 13.4. The van der Waals surface area contributed by atoms with Crippen LogP contribution >= 0.6 is 11.6 Å². The predicted octanol–water partition coefficient (Wildman–Crippen LogP) is 6.04. The Balaban J connectivity index is 1.92. The SMILES string of the molecule is Clc1cccc2c3c([nH]c12)CCCCCCCCCC3. The summed E-state index contributed by atoms with van der Waals surface area (Å²) in [5, 5.41) is 2.21. The summed E-state index contributed by atoms with van der Waals surface area (Å²) in [6, 6.07) is 6.29. The summed E-state index contributed by atoms with van der Waals surface area (Å²) in [4.78, 5) is 3.60. The molecule has 0 unspecified atom stereocenters. The fourth-order valence-electron chi connectivity index (χ4n) is 3.45. The molecular formula is C18H24ClN. The first kappa shape index (κ1) is 14.0. The van der Waals surface area contributed by atoms with Crippen molar-refractivity contribution in [3.63, 3.8) is 0 Å². The first-order chi connectivity index (χ1) is 9.86. The lowest BCUT2D eigenvalue weighted by atomic mass is 9.98. The third kappa shape index (κ3) is 3.03. The summed E-state index contributed by atoms with van der Waals surface area (Å²) in [5.41, 5.74) is 4.12. The van der Waals surface area contributed by atoms with Crippen LogP contribution in [0.4, 0.5) is 0 Å². The van der Waals surface area contributed by atoms with Gasteiger partial charge >= 0.3 is 0 Å². The Labute approximate surface area is 126 Å². The molecule has 1 aliphatic rings. The summed E-state index contributed by atoms with van der Waals surface area (Å²) in [6.45, 7) is 0. The quantitative estimate of drug-likeness (QED) is 0.608. The molecule has 1 nitrogen and oxygen atoms in total. The normalized spacial score (nSPS) is 18.2. The molecule has 20 heavy (non-hydrogen) atoms. The molecule has 1 aromatic carbocycles. The van der Waals surface area contributed by atoms with Gasteiger partial charge in [-0.2, -0.15) is 0 Å². The molecule has 3 rings (SSSR count). The maximum atomic E-state index is 6.34. The van der Waals surface area contributed by atoms with Gasteiger partial charge in [-0.1, -0.05) is 62.3 Å². The van der Waals surface area contributed by atoms with Gasteiger partial charge < -0.3 is 4.98 Å². The van der Waals surface area contributed by atoms with Gasteiger partial charge in [-0.25, -0.2) is 0 Å². The van der Waals surface area contributed by atoms with Crippen LogP contribution in [-0.4, -0.2) is 4.98 Å². The number of hydrogen-bond donors (Lipinski definition) is 1. The molecule has 0 amide bonds. The van der Waals surface area contributed by atoms with Crippen molar-refractivity contribution in [2.45, 2.75) is 64.2 Å². The number of aryl methyl sites for hydroxylation is 2. The van der Waals surface area contributed by atoms with Crippen LogP contribution in [0.1, 0.15) is 62.6 Å². The number of H-pyrrole nitrogens is 1. The minimum absolute atomic E-state index is 0.860. The first-order valence-electron chi connectivity index (χ1n) is 8.14. The second kappa shape index (κ2) is 6.67. The Morgan fingerprint density at radius 1 is 0.800 bits per heavy atom. The van der Waals surface area contributed by atoms with Crippen molar-refractivity contribution >= 4 is 22.5 Å². The van der Waals surface area contributed by atoms with Gasteiger partial charge in [0.25, 0.3) is 0 Å². The molecule has 0 bridgehead atoms. The van der Waals surface area contributed by atoms with E-state index < -0.39 is 0 Å². The van der Waals surface area contributed by atoms with E-state index in [-0.39, 0.29) is 0 Å². The Morgan fingerprint density at radius 2 is 1.45 bits per heavy atom. The number of nitrogens with one attached hydrogen (secondary N) is 1. The van der Waals surface area contributed by atoms with Crippen LogP contribution in [0.5, 0.6) is 0 Å². The number of fused-ring (bicyclic) bond motifs is 3. The zero-order chi connectivity index (χ0) is 13.8. The maximum Gasteiger partial charge on any atom is 0.0648 e. The first-order valence-corrected chi connectivity index (χ1v) is 8.52. The Hall–Kier alpha value is -0.950. The van der Waals surface area contributed by atoms with Crippen molar-refractivity contribution in [1.82, 2.24) is 4.98 Å². The van der Waals surface area contributed by atoms with E-state index in [0.29, 0.717) is 0 Å². The van der Waals surface area contributed by atoms with Crippen LogP contribution in [0.3, 0.4) is 0 Å². The van der Waals surface area contributed by atoms with Crippen molar-refractivity contribution in [2.24, 2.45) is 0 Å². The molecule has 1 aromatic heterocycles. The molecule has 2 heteroatoms. The largest absolute Gasteiger partial charge is 0.357 e. The lowest BCUT2D eigenvalue weighted by Gasteiger charge is -2.08. The van der Waals surface area contributed by atoms with Crippen LogP contribution in [0.25, 0.3) is 10.9 Å². The van der Waals surface area contributed by atoms with Crippen LogP contribution < -0.4 is 0 Å². The topological polar surface area (TPSA) is 15.8 Å². The number of rotatable bonds is 0. The third-order valence-electron chi connectivity index (χ3n) is 4.58. The Kier molecular flexibility index (Phi) is 4.67. The lowest BCUT2D eigenvalue weighted by Crippen LogP contribution is -1.95. The van der Waals surface area contributed by atoms with Crippen molar-refractivity contribution in [3.8, 4) is 0 Å². The molecular weight excluding hydrogens is 266 g/mol. The number of para-hydroxylation sites is 1. The van der Waals surface area contributed by atoms with E-state index in [4.69, 9.17) is 11.6 Å². The van der Waals surface area contributed by atoms with E-state index in [2.05, 4.69) is 17.1 Å². The molecule has 2 aromatic rings. The molecule has 108 valence electrons. The highest BCUT2D eigenvalue weighted by molar-refractivity contribution is 6.35. The molecule has 0 saturated carbocycles. The van der Waals surface area contributed by atoms with Gasteiger partial charge in [-0.15, -0.1) is 0 Å². The van der Waals surface area contributed by atoms with Gasteiger partial charge in [-0.05, 0) is 37.3 Å². The minimum Gasteiger partial charge on any atom is -0.357 e. The molecule has 0 saturated heterocycles. The summed E-state index contributed by atoms with van der Waals surface area (Å²) in [5.74, 6) is 0. The molecule has 0 spiro atoms. The van der Waals surface area contributed by atoms with Crippen LogP contribution in [-0.2, 0) is 12.8 Å². The molecule has 1 heterocycles. The molecule has 0 aliphatic heterocycles. The zero-order valence-electron chi connectivity index (χ0n) is 12.2. The van der Waals surface area contributed by atoms with E-state index in [9.17, 15) is 0 Å². The number of aromatic amines is 1. The zero-order valence-corrected chi connectivity index (χ0v) is 12.9. The second-order valence-corrected chi connectivity index (χ2v) is 6.48. The predicted molar refractivity (Wildman–Crippen MR) is 87.7 cm³/mol. The number of benzene rings is 1. The average molecular weight is 290 g/mol. The number of halogens is 1. The molecule has 1 aliphatic carbocycles. The highest BCUT2D eigenvalue weighted by Gasteiger charge is 2.13. The van der Waals surface area contributed by atoms with E-state index in [1.807, 2.05) is 6.07 Å². The van der Waals surface area contributed by atoms with Crippen molar-refractivity contribution in [3.05, 3.63) is 34.5 Å². The smallest absolute Gasteiger partial charge is 0.0648 e. The highest BCUT2D eigenvalue weighted by Crippen LogP contribution is 2.30. The molecule has 0 fully saturated rings. The fourth-order valence-corrected chi connectivity index (χ4v) is 3.68. The fraction of sp³-hybridized carbons (Fsp3) is 0.556. The van der Waals surface area contributed by atoms with Gasteiger partial charge in [-0.3, -0.25) is 0 Å². The number of aromatic nitrogens is 1. The average Bonchev–Trinajstić information content (AvgIpc) is 2.78. The van der Waals surface area contributed by atoms with E-state index in [0.717, 1.165) is 10.5 Å². The van der Waals surface area contributed by atoms with E-state index in [1.54, 1.807) is 0 Å². The monoisotopic (exact) mass is 289 g/mol. The summed E-state index contributed by atoms with van der Waals surface area (Å²) < 4.78 is 0. The summed E-state index contributed by atoms with van der Waals surface area (Å²) in [7, 11) is 0. The van der Waals surface area contributed by atoms with Gasteiger partial charge in [0.05, 0.1) is 10.5 Å². The van der Waals surface area contributed by atoms with Gasteiger partial charge in [0.15, 0.2) is 0 Å². The highest BCUT2D eigenvalue weighted by atomic mass is 35.5. The minimum atomic E-state index is 0.860. The van der Waals surface area contributed by atoms with Crippen LogP contribution in [0.2, 0.25) is 5.02 Å². The third-order valence-corrected chi connectivity index (χ3v) is 4.90. The second-order valence-electron chi connectivity index (χ2n) is 6.07. The lowest BCUT2D eigenvalue weighted by molar-refractivity contribution is 0.559. The molecule has 1 N–H and O–H groups in total. The van der Waals surface area contributed by atoms with E-state index >= 15 is 0 Å². The van der Waals surface area contributed by atoms with Crippen LogP contribution in [0.15, 0.2) is 18.2 Å². The standard InChI is InChI=1S/C18H24ClN/c19-16-12-9-11-15-14-10-7-5-3-1-2-4-6-8-13-17(14)20-18(15)16/h9,11-12,20H,1-8,10,13H2. The van der Waals surface area contributed by atoms with E-state index in [1.165, 1.54) is 80.9 Å². The Bertz CT molecular complexity index is 570. The Morgan fingerprint density at radius 3 is 2.20 bits per heavy atom. The van der Waals surface area contributed by atoms with Gasteiger partial charge in [0, 0.05) is 11.1 Å². The summed E-state index contributed by atoms with van der Waals surface area (Å²) >= 11 is 6.34. The van der Waals surface area contributed by atoms with Crippen molar-refractivity contribution in [2.75, 3.05) is 0 Å². The molecule has 0 radical (unpaired) electrons. The van der Waals surface area contributed by atoms with Gasteiger partial charge in [0.2, 0.25) is 0 Å². The van der Waals surface area contributed by atoms with Crippen molar-refractivity contribution in [1.29, 1.82) is 0 Å². The maximum absolute atomic E-state index is 6.34. The number of hydrogen-bond acceptors (Lipinski definition) is 0. The van der Waals surface area contributed by atoms with Gasteiger partial charge in [0.1, 0.15) is 0 Å². The molecule has 0 atom stereocenters. The van der Waals surface area contributed by atoms with Crippen molar-refractivity contribution < 1.29 is 0 Å².